The van der Waals surface area contributed by atoms with Crippen molar-refractivity contribution >= 4 is 27.0 Å². The third-order valence-corrected chi connectivity index (χ3v) is 5.70. The first-order valence-corrected chi connectivity index (χ1v) is 8.64. The Morgan fingerprint density at radius 2 is 2.05 bits per heavy atom. The molecule has 1 N–H and O–H groups in total. The third-order valence-electron chi connectivity index (χ3n) is 2.97. The van der Waals surface area contributed by atoms with Crippen LogP contribution in [0.25, 0.3) is 0 Å². The van der Waals surface area contributed by atoms with E-state index < -0.39 is 10.0 Å². The summed E-state index contributed by atoms with van der Waals surface area (Å²) in [5.41, 5.74) is 0.818. The van der Waals surface area contributed by atoms with Crippen molar-refractivity contribution < 1.29 is 13.2 Å². The molecule has 0 atom stereocenters. The van der Waals surface area contributed by atoms with Crippen molar-refractivity contribution in [2.75, 3.05) is 26.5 Å². The molecule has 1 aromatic heterocycles. The lowest BCUT2D eigenvalue weighted by atomic mass is 10.3. The van der Waals surface area contributed by atoms with Gasteiger partial charge in [-0.3, -0.25) is 0 Å². The van der Waals surface area contributed by atoms with Crippen molar-refractivity contribution in [3.8, 4) is 5.75 Å². The Balaban J connectivity index is 2.24. The molecule has 0 saturated carbocycles. The minimum atomic E-state index is -3.51. The van der Waals surface area contributed by atoms with Crippen molar-refractivity contribution in [1.29, 1.82) is 0 Å². The number of thiophene rings is 1. The Hall–Kier alpha value is -1.57. The number of rotatable bonds is 6. The van der Waals surface area contributed by atoms with Crippen LogP contribution in [0.5, 0.6) is 5.75 Å². The topological polar surface area (TPSA) is 58.6 Å². The fourth-order valence-electron chi connectivity index (χ4n) is 1.79. The van der Waals surface area contributed by atoms with Gasteiger partial charge in [-0.25, -0.2) is 12.7 Å². The normalized spacial score (nSPS) is 11.6. The highest BCUT2D eigenvalue weighted by Crippen LogP contribution is 2.29. The van der Waals surface area contributed by atoms with E-state index in [9.17, 15) is 8.42 Å². The molecule has 114 valence electrons. The van der Waals surface area contributed by atoms with Crippen LogP contribution in [-0.2, 0) is 16.6 Å². The zero-order chi connectivity index (χ0) is 15.5. The van der Waals surface area contributed by atoms with E-state index in [1.807, 2.05) is 17.5 Å². The van der Waals surface area contributed by atoms with Crippen LogP contribution in [0, 0.1) is 0 Å². The molecule has 0 bridgehead atoms. The van der Waals surface area contributed by atoms with Crippen molar-refractivity contribution in [3.05, 3.63) is 40.6 Å². The number of anilines is 1. The smallest absolute Gasteiger partial charge is 0.246 e. The monoisotopic (exact) mass is 326 g/mol. The standard InChI is InChI=1S/C14H18N2O3S2/c1-16(2)21(17,18)14-7-6-11(9-13(14)19-3)15-10-12-5-4-8-20-12/h4-9,15H,10H2,1-3H3. The molecule has 0 radical (unpaired) electrons. The maximum atomic E-state index is 12.2. The highest BCUT2D eigenvalue weighted by molar-refractivity contribution is 7.89. The molecular formula is C14H18N2O3S2. The first-order valence-electron chi connectivity index (χ1n) is 6.32. The molecule has 0 fully saturated rings. The van der Waals surface area contributed by atoms with E-state index in [1.54, 1.807) is 29.5 Å². The number of hydrogen-bond donors (Lipinski definition) is 1. The zero-order valence-electron chi connectivity index (χ0n) is 12.2. The lowest BCUT2D eigenvalue weighted by molar-refractivity contribution is 0.400. The Morgan fingerprint density at radius 1 is 1.29 bits per heavy atom. The predicted molar refractivity (Wildman–Crippen MR) is 85.5 cm³/mol. The van der Waals surface area contributed by atoms with E-state index in [-0.39, 0.29) is 4.90 Å². The number of benzene rings is 1. The minimum absolute atomic E-state index is 0.164. The van der Waals surface area contributed by atoms with E-state index in [0.29, 0.717) is 12.3 Å². The number of nitrogens with one attached hydrogen (secondary N) is 1. The number of ether oxygens (including phenoxy) is 1. The van der Waals surface area contributed by atoms with E-state index in [0.717, 1.165) is 5.69 Å². The van der Waals surface area contributed by atoms with Gasteiger partial charge in [0.15, 0.2) is 0 Å². The van der Waals surface area contributed by atoms with Crippen molar-refractivity contribution in [2.24, 2.45) is 0 Å². The summed E-state index contributed by atoms with van der Waals surface area (Å²) in [5, 5.41) is 5.27. The summed E-state index contributed by atoms with van der Waals surface area (Å²) in [4.78, 5) is 1.37. The second-order valence-corrected chi connectivity index (χ2v) is 7.74. The van der Waals surface area contributed by atoms with Gasteiger partial charge in [0.05, 0.1) is 7.11 Å². The molecule has 1 aromatic carbocycles. The summed E-state index contributed by atoms with van der Waals surface area (Å²) in [6.45, 7) is 0.695. The van der Waals surface area contributed by atoms with Crippen molar-refractivity contribution in [2.45, 2.75) is 11.4 Å². The molecule has 7 heteroatoms. The molecule has 0 aliphatic heterocycles. The minimum Gasteiger partial charge on any atom is -0.495 e. The maximum absolute atomic E-state index is 12.2. The lowest BCUT2D eigenvalue weighted by Crippen LogP contribution is -2.22. The Bertz CT molecular complexity index is 695. The van der Waals surface area contributed by atoms with Crippen LogP contribution in [0.4, 0.5) is 5.69 Å². The van der Waals surface area contributed by atoms with Gasteiger partial charge in [0, 0.05) is 37.3 Å². The van der Waals surface area contributed by atoms with Gasteiger partial charge in [-0.2, -0.15) is 0 Å². The number of methoxy groups -OCH3 is 1. The Labute approximate surface area is 129 Å². The average Bonchev–Trinajstić information content (AvgIpc) is 2.97. The largest absolute Gasteiger partial charge is 0.495 e. The van der Waals surface area contributed by atoms with E-state index in [1.165, 1.54) is 30.4 Å². The van der Waals surface area contributed by atoms with Crippen LogP contribution in [0.1, 0.15) is 4.88 Å². The van der Waals surface area contributed by atoms with E-state index in [4.69, 9.17) is 4.74 Å². The van der Waals surface area contributed by atoms with Crippen molar-refractivity contribution in [3.63, 3.8) is 0 Å². The summed E-state index contributed by atoms with van der Waals surface area (Å²) in [5.74, 6) is 0.333. The van der Waals surface area contributed by atoms with Gasteiger partial charge in [-0.1, -0.05) is 6.07 Å². The van der Waals surface area contributed by atoms with Gasteiger partial charge >= 0.3 is 0 Å². The fourth-order valence-corrected chi connectivity index (χ4v) is 3.46. The summed E-state index contributed by atoms with van der Waals surface area (Å²) >= 11 is 1.67. The number of sulfonamides is 1. The van der Waals surface area contributed by atoms with Gasteiger partial charge < -0.3 is 10.1 Å². The van der Waals surface area contributed by atoms with E-state index in [2.05, 4.69) is 5.32 Å². The molecule has 5 nitrogen and oxygen atoms in total. The second-order valence-electron chi connectivity index (χ2n) is 4.59. The third kappa shape index (κ3) is 3.55. The zero-order valence-corrected chi connectivity index (χ0v) is 13.8. The molecule has 0 amide bonds. The first-order chi connectivity index (χ1) is 9.95. The fraction of sp³-hybridized carbons (Fsp3) is 0.286. The Morgan fingerprint density at radius 3 is 2.62 bits per heavy atom. The molecule has 0 spiro atoms. The molecule has 2 rings (SSSR count). The summed E-state index contributed by atoms with van der Waals surface area (Å²) < 4.78 is 30.8. The molecule has 21 heavy (non-hydrogen) atoms. The lowest BCUT2D eigenvalue weighted by Gasteiger charge is -2.15. The van der Waals surface area contributed by atoms with Crippen LogP contribution in [0.2, 0.25) is 0 Å². The van der Waals surface area contributed by atoms with Crippen LogP contribution >= 0.6 is 11.3 Å². The highest BCUT2D eigenvalue weighted by atomic mass is 32.2. The highest BCUT2D eigenvalue weighted by Gasteiger charge is 2.22. The van der Waals surface area contributed by atoms with Gasteiger partial charge in [0.1, 0.15) is 10.6 Å². The van der Waals surface area contributed by atoms with Crippen LogP contribution in [0.3, 0.4) is 0 Å². The molecule has 0 aliphatic rings. The van der Waals surface area contributed by atoms with Crippen LogP contribution < -0.4 is 10.1 Å². The van der Waals surface area contributed by atoms with Gasteiger partial charge in [0.25, 0.3) is 0 Å². The molecule has 0 aliphatic carbocycles. The predicted octanol–water partition coefficient (Wildman–Crippen LogP) is 2.62. The maximum Gasteiger partial charge on any atom is 0.246 e. The summed E-state index contributed by atoms with van der Waals surface area (Å²) in [6, 6.07) is 9.04. The van der Waals surface area contributed by atoms with E-state index >= 15 is 0 Å². The summed E-state index contributed by atoms with van der Waals surface area (Å²) in [7, 11) is 0.949. The van der Waals surface area contributed by atoms with Gasteiger partial charge in [-0.05, 0) is 23.6 Å². The van der Waals surface area contributed by atoms with Gasteiger partial charge in [-0.15, -0.1) is 11.3 Å². The Kier molecular flexibility index (Phi) is 4.87. The molecule has 0 unspecified atom stereocenters. The molecule has 0 saturated heterocycles. The van der Waals surface area contributed by atoms with Crippen molar-refractivity contribution in [1.82, 2.24) is 4.31 Å². The SMILES string of the molecule is COc1cc(NCc2cccs2)ccc1S(=O)(=O)N(C)C. The first kappa shape index (κ1) is 15.8. The van der Waals surface area contributed by atoms with Crippen LogP contribution in [0.15, 0.2) is 40.6 Å². The number of hydrogen-bond acceptors (Lipinski definition) is 5. The summed E-state index contributed by atoms with van der Waals surface area (Å²) in [6.07, 6.45) is 0. The van der Waals surface area contributed by atoms with Gasteiger partial charge in [0.2, 0.25) is 10.0 Å². The molecule has 1 heterocycles. The number of nitrogens with zero attached hydrogens (tertiary/aromatic N) is 1. The average molecular weight is 326 g/mol. The molecule has 2 aromatic rings. The van der Waals surface area contributed by atoms with Crippen LogP contribution in [-0.4, -0.2) is 33.9 Å². The quantitative estimate of drug-likeness (QED) is 0.886. The molecular weight excluding hydrogens is 308 g/mol. The second kappa shape index (κ2) is 6.46.